The quantitative estimate of drug-likeness (QED) is 0.850. The average Bonchev–Trinajstić information content (AvgIpc) is 2.73. The van der Waals surface area contributed by atoms with Gasteiger partial charge in [-0.3, -0.25) is 0 Å². The molecule has 0 aliphatic rings. The summed E-state index contributed by atoms with van der Waals surface area (Å²) in [5.41, 5.74) is -0.294. The fraction of sp³-hybridized carbons (Fsp3) is 0.200. The van der Waals surface area contributed by atoms with Crippen LogP contribution >= 0.6 is 15.9 Å². The van der Waals surface area contributed by atoms with Gasteiger partial charge in [0.1, 0.15) is 5.75 Å². The number of halogens is 1. The maximum Gasteiger partial charge on any atom is 0.337 e. The number of aromatic carboxylic acids is 1. The Balaban J connectivity index is 2.48. The van der Waals surface area contributed by atoms with Crippen LogP contribution in [0, 0.1) is 0 Å². The minimum Gasteiger partial charge on any atom is -0.478 e. The molecule has 10 heteroatoms. The number of hydrogen-bond acceptors (Lipinski definition) is 6. The Morgan fingerprint density at radius 3 is 2.70 bits per heavy atom. The van der Waals surface area contributed by atoms with E-state index in [2.05, 4.69) is 31.3 Å². The Labute approximate surface area is 122 Å². The molecule has 0 saturated carbocycles. The highest BCUT2D eigenvalue weighted by atomic mass is 79.9. The molecule has 2 aromatic rings. The van der Waals surface area contributed by atoms with E-state index in [0.717, 1.165) is 4.80 Å². The fourth-order valence-corrected chi connectivity index (χ4v) is 3.48. The molecule has 0 aliphatic heterocycles. The molecule has 8 nitrogen and oxygen atoms in total. The zero-order valence-electron chi connectivity index (χ0n) is 10.2. The van der Waals surface area contributed by atoms with Gasteiger partial charge in [-0.15, -0.1) is 10.2 Å². The lowest BCUT2D eigenvalue weighted by molar-refractivity contribution is 0.0692. The number of aromatic nitrogens is 4. The Morgan fingerprint density at radius 1 is 1.45 bits per heavy atom. The third-order valence-corrected chi connectivity index (χ3v) is 4.52. The van der Waals surface area contributed by atoms with E-state index < -0.39 is 21.6 Å². The molecule has 0 atom stereocenters. The molecule has 106 valence electrons. The molecule has 0 spiro atoms. The number of carboxylic acid groups (broad SMARTS) is 1. The molecule has 1 heterocycles. The van der Waals surface area contributed by atoms with Gasteiger partial charge in [-0.05, 0) is 23.4 Å². The smallest absolute Gasteiger partial charge is 0.337 e. The van der Waals surface area contributed by atoms with Gasteiger partial charge in [-0.25, -0.2) is 13.2 Å². The minimum atomic E-state index is -3.89. The van der Waals surface area contributed by atoms with Gasteiger partial charge in [-0.1, -0.05) is 15.9 Å². The molecule has 0 bridgehead atoms. The highest BCUT2D eigenvalue weighted by molar-refractivity contribution is 9.10. The maximum absolute atomic E-state index is 12.3. The summed E-state index contributed by atoms with van der Waals surface area (Å²) in [7, 11) is -2.38. The number of tetrazole rings is 1. The highest BCUT2D eigenvalue weighted by Crippen LogP contribution is 2.24. The number of hydrogen-bond donors (Lipinski definition) is 1. The van der Waals surface area contributed by atoms with Crippen molar-refractivity contribution in [3.8, 4) is 0 Å². The van der Waals surface area contributed by atoms with Crippen LogP contribution in [0.2, 0.25) is 0 Å². The molecule has 0 aliphatic carbocycles. The van der Waals surface area contributed by atoms with Gasteiger partial charge in [0, 0.05) is 4.47 Å². The van der Waals surface area contributed by atoms with Gasteiger partial charge in [0.15, 0.2) is 15.7 Å². The molecular weight excluding hydrogens is 352 g/mol. The first-order valence-corrected chi connectivity index (χ1v) is 7.72. The van der Waals surface area contributed by atoms with Crippen LogP contribution in [0.15, 0.2) is 27.6 Å². The molecule has 0 radical (unpaired) electrons. The summed E-state index contributed by atoms with van der Waals surface area (Å²) in [5, 5.41) is 20.0. The first-order chi connectivity index (χ1) is 9.29. The Kier molecular flexibility index (Phi) is 3.86. The van der Waals surface area contributed by atoms with Crippen molar-refractivity contribution in [2.75, 3.05) is 0 Å². The van der Waals surface area contributed by atoms with E-state index in [1.807, 2.05) is 0 Å². The van der Waals surface area contributed by atoms with Gasteiger partial charge in [-0.2, -0.15) is 4.80 Å². The van der Waals surface area contributed by atoms with Crippen molar-refractivity contribution in [1.29, 1.82) is 0 Å². The van der Waals surface area contributed by atoms with Crippen LogP contribution in [0.5, 0.6) is 0 Å². The lowest BCUT2D eigenvalue weighted by Crippen LogP contribution is -2.12. The SMILES string of the molecule is Cn1nnc(CS(=O)(=O)c2cc(Br)ccc2C(=O)O)n1. The number of nitrogens with zero attached hydrogens (tertiary/aromatic N) is 4. The number of carboxylic acids is 1. The molecule has 0 amide bonds. The number of rotatable bonds is 4. The van der Waals surface area contributed by atoms with Crippen molar-refractivity contribution in [1.82, 2.24) is 20.2 Å². The van der Waals surface area contributed by atoms with Crippen LogP contribution in [-0.2, 0) is 22.6 Å². The lowest BCUT2D eigenvalue weighted by Gasteiger charge is -2.06. The molecular formula is C10H9BrN4O4S. The van der Waals surface area contributed by atoms with E-state index in [1.54, 1.807) is 0 Å². The molecule has 0 saturated heterocycles. The molecule has 1 N–H and O–H groups in total. The molecule has 20 heavy (non-hydrogen) atoms. The fourth-order valence-electron chi connectivity index (χ4n) is 1.56. The van der Waals surface area contributed by atoms with Crippen molar-refractivity contribution < 1.29 is 18.3 Å². The van der Waals surface area contributed by atoms with Crippen molar-refractivity contribution in [3.63, 3.8) is 0 Å². The topological polar surface area (TPSA) is 115 Å². The van der Waals surface area contributed by atoms with Gasteiger partial charge >= 0.3 is 5.97 Å². The van der Waals surface area contributed by atoms with Crippen LogP contribution in [0.4, 0.5) is 0 Å². The van der Waals surface area contributed by atoms with Crippen molar-refractivity contribution >= 4 is 31.7 Å². The summed E-state index contributed by atoms with van der Waals surface area (Å²) >= 11 is 3.12. The predicted octanol–water partition coefficient (Wildman–Crippen LogP) is 0.645. The van der Waals surface area contributed by atoms with Crippen LogP contribution in [-0.4, -0.2) is 39.7 Å². The van der Waals surface area contributed by atoms with E-state index in [-0.39, 0.29) is 16.3 Å². The second-order valence-corrected chi connectivity index (χ2v) is 6.77. The predicted molar refractivity (Wildman–Crippen MR) is 70.8 cm³/mol. The second-order valence-electron chi connectivity index (χ2n) is 3.90. The summed E-state index contributed by atoms with van der Waals surface area (Å²) in [6, 6.07) is 3.93. The zero-order chi connectivity index (χ0) is 14.9. The van der Waals surface area contributed by atoms with Crippen LogP contribution < -0.4 is 0 Å². The first kappa shape index (κ1) is 14.6. The summed E-state index contributed by atoms with van der Waals surface area (Å²) < 4.78 is 25.0. The van der Waals surface area contributed by atoms with E-state index >= 15 is 0 Å². The van der Waals surface area contributed by atoms with Crippen molar-refractivity contribution in [3.05, 3.63) is 34.1 Å². The lowest BCUT2D eigenvalue weighted by atomic mass is 10.2. The Hall–Kier alpha value is -1.81. The van der Waals surface area contributed by atoms with E-state index in [9.17, 15) is 13.2 Å². The number of sulfone groups is 1. The zero-order valence-corrected chi connectivity index (χ0v) is 12.6. The van der Waals surface area contributed by atoms with Crippen molar-refractivity contribution in [2.24, 2.45) is 7.05 Å². The standard InChI is InChI=1S/C10H9BrN4O4S/c1-15-13-9(12-14-15)5-20(18,19)8-4-6(11)2-3-7(8)10(16)17/h2-4H,5H2,1H3,(H,16,17). The normalized spacial score (nSPS) is 11.5. The molecule has 0 unspecified atom stereocenters. The molecule has 1 aromatic carbocycles. The van der Waals surface area contributed by atoms with Crippen molar-refractivity contribution in [2.45, 2.75) is 10.6 Å². The Morgan fingerprint density at radius 2 is 2.15 bits per heavy atom. The summed E-state index contributed by atoms with van der Waals surface area (Å²) in [5.74, 6) is -1.83. The second kappa shape index (κ2) is 5.29. The first-order valence-electron chi connectivity index (χ1n) is 5.28. The Bertz CT molecular complexity index is 771. The monoisotopic (exact) mass is 360 g/mol. The number of benzene rings is 1. The number of aryl methyl sites for hydroxylation is 1. The van der Waals surface area contributed by atoms with E-state index in [4.69, 9.17) is 5.11 Å². The van der Waals surface area contributed by atoms with Crippen LogP contribution in [0.25, 0.3) is 0 Å². The van der Waals surface area contributed by atoms with E-state index in [0.29, 0.717) is 4.47 Å². The molecule has 1 aromatic heterocycles. The van der Waals surface area contributed by atoms with Gasteiger partial charge in [0.2, 0.25) is 0 Å². The molecule has 2 rings (SSSR count). The summed E-state index contributed by atoms with van der Waals surface area (Å²) in [6.45, 7) is 0. The average molecular weight is 361 g/mol. The van der Waals surface area contributed by atoms with Gasteiger partial charge in [0.25, 0.3) is 0 Å². The summed E-state index contributed by atoms with van der Waals surface area (Å²) in [6.07, 6.45) is 0. The third-order valence-electron chi connectivity index (χ3n) is 2.38. The maximum atomic E-state index is 12.3. The minimum absolute atomic E-state index is 0.00353. The van der Waals surface area contributed by atoms with Gasteiger partial charge in [0.05, 0.1) is 17.5 Å². The number of carbonyl (C=O) groups is 1. The van der Waals surface area contributed by atoms with Crippen LogP contribution in [0.1, 0.15) is 16.2 Å². The van der Waals surface area contributed by atoms with Gasteiger partial charge < -0.3 is 5.11 Å². The largest absolute Gasteiger partial charge is 0.478 e. The summed E-state index contributed by atoms with van der Waals surface area (Å²) in [4.78, 5) is 12.0. The molecule has 0 fully saturated rings. The van der Waals surface area contributed by atoms with Crippen LogP contribution in [0.3, 0.4) is 0 Å². The third kappa shape index (κ3) is 3.02. The van der Waals surface area contributed by atoms with E-state index in [1.165, 1.54) is 25.2 Å². The highest BCUT2D eigenvalue weighted by Gasteiger charge is 2.25.